The van der Waals surface area contributed by atoms with Gasteiger partial charge in [0, 0.05) is 18.8 Å². The number of hydrogen-bond donors (Lipinski definition) is 2. The lowest BCUT2D eigenvalue weighted by Gasteiger charge is -2.13. The van der Waals surface area contributed by atoms with E-state index in [1.807, 2.05) is 0 Å². The van der Waals surface area contributed by atoms with E-state index < -0.39 is 10.0 Å². The van der Waals surface area contributed by atoms with Gasteiger partial charge >= 0.3 is 0 Å². The summed E-state index contributed by atoms with van der Waals surface area (Å²) < 4.78 is 31.4. The molecule has 1 atom stereocenters. The highest BCUT2D eigenvalue weighted by atomic mass is 32.2. The van der Waals surface area contributed by atoms with Gasteiger partial charge in [-0.1, -0.05) is 0 Å². The summed E-state index contributed by atoms with van der Waals surface area (Å²) in [5, 5.41) is 0. The predicted molar refractivity (Wildman–Crippen MR) is 67.3 cm³/mol. The van der Waals surface area contributed by atoms with E-state index in [1.54, 1.807) is 26.0 Å². The van der Waals surface area contributed by atoms with Crippen molar-refractivity contribution < 1.29 is 13.2 Å². The van der Waals surface area contributed by atoms with Crippen LogP contribution in [0.3, 0.4) is 0 Å². The fourth-order valence-corrected chi connectivity index (χ4v) is 2.91. The number of anilines is 1. The number of nitrogens with one attached hydrogen (secondary N) is 1. The lowest BCUT2D eigenvalue weighted by Crippen LogP contribution is -2.35. The molecule has 96 valence electrons. The fraction of sp³-hybridized carbons (Fsp3) is 0.455. The first-order chi connectivity index (χ1) is 7.85. The van der Waals surface area contributed by atoms with Crippen LogP contribution in [0.25, 0.3) is 0 Å². The molecule has 0 aliphatic rings. The third kappa shape index (κ3) is 3.99. The van der Waals surface area contributed by atoms with Gasteiger partial charge in [-0.2, -0.15) is 0 Å². The van der Waals surface area contributed by atoms with Crippen molar-refractivity contribution in [2.75, 3.05) is 19.5 Å². The normalized spacial score (nSPS) is 13.6. The first kappa shape index (κ1) is 14.0. The monoisotopic (exact) mass is 258 g/mol. The summed E-state index contributed by atoms with van der Waals surface area (Å²) in [4.78, 5) is 0.179. The van der Waals surface area contributed by atoms with E-state index >= 15 is 0 Å². The van der Waals surface area contributed by atoms with Gasteiger partial charge in [0.25, 0.3) is 0 Å². The van der Waals surface area contributed by atoms with Gasteiger partial charge in [-0.25, -0.2) is 13.1 Å². The SMILES string of the molecule is COCC(C)NS(=O)(=O)c1cc(C)cc(N)c1. The Kier molecular flexibility index (Phi) is 4.50. The number of benzene rings is 1. The molecule has 0 aromatic heterocycles. The molecule has 3 N–H and O–H groups in total. The molecule has 6 heteroatoms. The maximum absolute atomic E-state index is 12.0. The molecular weight excluding hydrogens is 240 g/mol. The predicted octanol–water partition coefficient (Wildman–Crippen LogP) is 0.890. The Morgan fingerprint density at radius 1 is 1.41 bits per heavy atom. The average molecular weight is 258 g/mol. The van der Waals surface area contributed by atoms with Crippen LogP contribution in [-0.4, -0.2) is 28.2 Å². The van der Waals surface area contributed by atoms with Gasteiger partial charge in [-0.05, 0) is 37.6 Å². The number of hydrogen-bond acceptors (Lipinski definition) is 4. The van der Waals surface area contributed by atoms with Crippen molar-refractivity contribution in [3.05, 3.63) is 23.8 Å². The molecule has 1 aromatic carbocycles. The molecule has 0 aliphatic heterocycles. The molecule has 0 fully saturated rings. The van der Waals surface area contributed by atoms with Crippen LogP contribution in [0, 0.1) is 6.92 Å². The summed E-state index contributed by atoms with van der Waals surface area (Å²) in [6.45, 7) is 3.86. The number of nitrogen functional groups attached to an aromatic ring is 1. The third-order valence-corrected chi connectivity index (χ3v) is 3.73. The molecule has 17 heavy (non-hydrogen) atoms. The van der Waals surface area contributed by atoms with Crippen molar-refractivity contribution in [1.82, 2.24) is 4.72 Å². The van der Waals surface area contributed by atoms with Crippen molar-refractivity contribution in [2.45, 2.75) is 24.8 Å². The van der Waals surface area contributed by atoms with Crippen molar-refractivity contribution in [3.8, 4) is 0 Å². The number of nitrogens with two attached hydrogens (primary N) is 1. The highest BCUT2D eigenvalue weighted by molar-refractivity contribution is 7.89. The summed E-state index contributed by atoms with van der Waals surface area (Å²) in [5.41, 5.74) is 6.87. The molecule has 0 bridgehead atoms. The molecule has 5 nitrogen and oxygen atoms in total. The van der Waals surface area contributed by atoms with Crippen LogP contribution >= 0.6 is 0 Å². The Bertz CT molecular complexity index is 465. The maximum Gasteiger partial charge on any atom is 0.240 e. The largest absolute Gasteiger partial charge is 0.399 e. The molecule has 1 aromatic rings. The zero-order valence-electron chi connectivity index (χ0n) is 10.2. The van der Waals surface area contributed by atoms with Crippen molar-refractivity contribution >= 4 is 15.7 Å². The highest BCUT2D eigenvalue weighted by Crippen LogP contribution is 2.16. The van der Waals surface area contributed by atoms with E-state index in [1.165, 1.54) is 13.2 Å². The van der Waals surface area contributed by atoms with Gasteiger partial charge in [0.2, 0.25) is 10.0 Å². The average Bonchev–Trinajstić information content (AvgIpc) is 2.15. The van der Waals surface area contributed by atoms with Crippen LogP contribution in [0.2, 0.25) is 0 Å². The van der Waals surface area contributed by atoms with Gasteiger partial charge in [0.1, 0.15) is 0 Å². The standard InChI is InChI=1S/C11H18N2O3S/c1-8-4-10(12)6-11(5-8)17(14,15)13-9(2)7-16-3/h4-6,9,13H,7,12H2,1-3H3. The molecule has 0 aliphatic carbocycles. The summed E-state index contributed by atoms with van der Waals surface area (Å²) in [6, 6.07) is 4.46. The number of sulfonamides is 1. The van der Waals surface area contributed by atoms with Crippen molar-refractivity contribution in [3.63, 3.8) is 0 Å². The number of aryl methyl sites for hydroxylation is 1. The molecular formula is C11H18N2O3S. The Labute approximate surface area is 102 Å². The van der Waals surface area contributed by atoms with E-state index in [4.69, 9.17) is 10.5 Å². The molecule has 0 spiro atoms. The number of ether oxygens (including phenoxy) is 1. The van der Waals surface area contributed by atoms with E-state index in [-0.39, 0.29) is 10.9 Å². The molecule has 0 saturated carbocycles. The molecule has 1 unspecified atom stereocenters. The van der Waals surface area contributed by atoms with Gasteiger partial charge < -0.3 is 10.5 Å². The zero-order valence-corrected chi connectivity index (χ0v) is 11.0. The van der Waals surface area contributed by atoms with Gasteiger partial charge in [-0.3, -0.25) is 0 Å². The van der Waals surface area contributed by atoms with Crippen LogP contribution in [0.5, 0.6) is 0 Å². The molecule has 0 radical (unpaired) electrons. The van der Waals surface area contributed by atoms with Gasteiger partial charge in [0.05, 0.1) is 11.5 Å². The Hall–Kier alpha value is -1.11. The van der Waals surface area contributed by atoms with E-state index in [0.717, 1.165) is 5.56 Å². The zero-order chi connectivity index (χ0) is 13.1. The first-order valence-electron chi connectivity index (χ1n) is 5.23. The first-order valence-corrected chi connectivity index (χ1v) is 6.72. The topological polar surface area (TPSA) is 81.4 Å². The second-order valence-corrected chi connectivity index (χ2v) is 5.77. The van der Waals surface area contributed by atoms with Crippen molar-refractivity contribution in [2.24, 2.45) is 0 Å². The quantitative estimate of drug-likeness (QED) is 0.769. The Morgan fingerprint density at radius 3 is 2.59 bits per heavy atom. The van der Waals surface area contributed by atoms with Crippen molar-refractivity contribution in [1.29, 1.82) is 0 Å². The van der Waals surface area contributed by atoms with Crippen LogP contribution in [0.15, 0.2) is 23.1 Å². The lowest BCUT2D eigenvalue weighted by atomic mass is 10.2. The molecule has 0 heterocycles. The van der Waals surface area contributed by atoms with E-state index in [2.05, 4.69) is 4.72 Å². The number of rotatable bonds is 5. The van der Waals surface area contributed by atoms with Crippen LogP contribution in [0.1, 0.15) is 12.5 Å². The van der Waals surface area contributed by atoms with Crippen LogP contribution in [0.4, 0.5) is 5.69 Å². The summed E-state index contributed by atoms with van der Waals surface area (Å²) in [5.74, 6) is 0. The Balaban J connectivity index is 2.97. The molecule has 0 saturated heterocycles. The summed E-state index contributed by atoms with van der Waals surface area (Å²) in [6.07, 6.45) is 0. The minimum Gasteiger partial charge on any atom is -0.399 e. The van der Waals surface area contributed by atoms with Crippen LogP contribution in [-0.2, 0) is 14.8 Å². The van der Waals surface area contributed by atoms with Gasteiger partial charge in [-0.15, -0.1) is 0 Å². The van der Waals surface area contributed by atoms with Gasteiger partial charge in [0.15, 0.2) is 0 Å². The summed E-state index contributed by atoms with van der Waals surface area (Å²) in [7, 11) is -2.01. The second kappa shape index (κ2) is 5.48. The van der Waals surface area contributed by atoms with E-state index in [0.29, 0.717) is 12.3 Å². The molecule has 0 amide bonds. The Morgan fingerprint density at radius 2 is 2.06 bits per heavy atom. The number of methoxy groups -OCH3 is 1. The smallest absolute Gasteiger partial charge is 0.240 e. The fourth-order valence-electron chi connectivity index (χ4n) is 1.55. The van der Waals surface area contributed by atoms with E-state index in [9.17, 15) is 8.42 Å². The van der Waals surface area contributed by atoms with Crippen LogP contribution < -0.4 is 10.5 Å². The minimum absolute atomic E-state index is 0.179. The highest BCUT2D eigenvalue weighted by Gasteiger charge is 2.17. The third-order valence-electron chi connectivity index (χ3n) is 2.16. The molecule has 1 rings (SSSR count). The maximum atomic E-state index is 12.0. The lowest BCUT2D eigenvalue weighted by molar-refractivity contribution is 0.180. The summed E-state index contributed by atoms with van der Waals surface area (Å²) >= 11 is 0. The minimum atomic E-state index is -3.54. The second-order valence-electron chi connectivity index (χ2n) is 4.06.